The third kappa shape index (κ3) is 3.32. The van der Waals surface area contributed by atoms with Crippen molar-refractivity contribution in [3.63, 3.8) is 0 Å². The van der Waals surface area contributed by atoms with Crippen LogP contribution in [0.1, 0.15) is 18.5 Å². The second-order valence-corrected chi connectivity index (χ2v) is 5.41. The number of benzene rings is 1. The summed E-state index contributed by atoms with van der Waals surface area (Å²) >= 11 is 0. The predicted octanol–water partition coefficient (Wildman–Crippen LogP) is 2.58. The summed E-state index contributed by atoms with van der Waals surface area (Å²) in [6.07, 6.45) is -3.91. The fourth-order valence-electron chi connectivity index (χ4n) is 2.73. The van der Waals surface area contributed by atoms with Gasteiger partial charge in [-0.15, -0.1) is 0 Å². The molecule has 142 valence electrons. The number of allylic oxidation sites excluding steroid dienone is 1. The Kier molecular flexibility index (Phi) is 4.56. The highest BCUT2D eigenvalue weighted by Gasteiger charge is 2.46. The first-order valence-corrected chi connectivity index (χ1v) is 7.63. The number of nitro groups is 1. The van der Waals surface area contributed by atoms with Crippen LogP contribution >= 0.6 is 0 Å². The molecule has 27 heavy (non-hydrogen) atoms. The van der Waals surface area contributed by atoms with E-state index in [9.17, 15) is 28.1 Å². The van der Waals surface area contributed by atoms with E-state index in [4.69, 9.17) is 4.74 Å². The number of carbonyl (C=O) groups is 1. The molecule has 1 aromatic carbocycles. The molecule has 12 heteroatoms. The first-order chi connectivity index (χ1) is 12.7. The van der Waals surface area contributed by atoms with Crippen molar-refractivity contribution in [2.75, 3.05) is 11.9 Å². The fraction of sp³-hybridized carbons (Fsp3) is 0.267. The lowest BCUT2D eigenvalue weighted by Gasteiger charge is -2.29. The lowest BCUT2D eigenvalue weighted by molar-refractivity contribution is -0.384. The number of nitrogens with zero attached hydrogens (tertiary/aromatic N) is 4. The predicted molar refractivity (Wildman–Crippen MR) is 84.6 cm³/mol. The molecule has 2 heterocycles. The Morgan fingerprint density at radius 1 is 1.44 bits per heavy atom. The summed E-state index contributed by atoms with van der Waals surface area (Å²) in [7, 11) is 0. The van der Waals surface area contributed by atoms with E-state index >= 15 is 0 Å². The summed E-state index contributed by atoms with van der Waals surface area (Å²) in [6.45, 7) is 1.30. The van der Waals surface area contributed by atoms with Gasteiger partial charge in [-0.2, -0.15) is 23.3 Å². The van der Waals surface area contributed by atoms with Crippen LogP contribution in [0.15, 0.2) is 41.9 Å². The maximum absolute atomic E-state index is 13.6. The van der Waals surface area contributed by atoms with Crippen LogP contribution in [0.25, 0.3) is 0 Å². The van der Waals surface area contributed by atoms with E-state index < -0.39 is 34.4 Å². The van der Waals surface area contributed by atoms with Gasteiger partial charge in [0.1, 0.15) is 18.1 Å². The average molecular weight is 383 g/mol. The molecule has 3 rings (SSSR count). The van der Waals surface area contributed by atoms with Gasteiger partial charge in [0.25, 0.3) is 5.69 Å². The van der Waals surface area contributed by atoms with Crippen molar-refractivity contribution in [2.24, 2.45) is 0 Å². The summed E-state index contributed by atoms with van der Waals surface area (Å²) in [5.41, 5.74) is -2.40. The van der Waals surface area contributed by atoms with Crippen molar-refractivity contribution >= 4 is 17.6 Å². The van der Waals surface area contributed by atoms with E-state index in [-0.39, 0.29) is 23.8 Å². The molecule has 0 fully saturated rings. The fourth-order valence-corrected chi connectivity index (χ4v) is 2.73. The Balaban J connectivity index is 2.27. The van der Waals surface area contributed by atoms with E-state index in [2.05, 4.69) is 15.4 Å². The SMILES string of the molecule is CCOC(=O)C1=C(C(F)(F)F)Nc2ncnn2C1c1cccc([N+](=O)[O-])c1. The van der Waals surface area contributed by atoms with E-state index in [0.29, 0.717) is 0 Å². The minimum Gasteiger partial charge on any atom is -0.463 e. The summed E-state index contributed by atoms with van der Waals surface area (Å²) in [4.78, 5) is 26.4. The zero-order valence-electron chi connectivity index (χ0n) is 13.7. The van der Waals surface area contributed by atoms with Crippen LogP contribution < -0.4 is 5.32 Å². The largest absolute Gasteiger partial charge is 0.463 e. The highest BCUT2D eigenvalue weighted by atomic mass is 19.4. The lowest BCUT2D eigenvalue weighted by Crippen LogP contribution is -2.35. The van der Waals surface area contributed by atoms with Crippen molar-refractivity contribution < 1.29 is 27.6 Å². The van der Waals surface area contributed by atoms with Gasteiger partial charge in [0, 0.05) is 12.1 Å². The Hall–Kier alpha value is -3.44. The number of aromatic nitrogens is 3. The van der Waals surface area contributed by atoms with E-state index in [1.165, 1.54) is 25.1 Å². The Labute approximate surface area is 149 Å². The Morgan fingerprint density at radius 2 is 2.19 bits per heavy atom. The quantitative estimate of drug-likeness (QED) is 0.491. The number of non-ortho nitro benzene ring substituents is 1. The lowest BCUT2D eigenvalue weighted by atomic mass is 9.95. The molecule has 0 amide bonds. The molecule has 0 radical (unpaired) electrons. The molecule has 1 N–H and O–H groups in total. The van der Waals surface area contributed by atoms with Crippen LogP contribution in [-0.4, -0.2) is 38.4 Å². The average Bonchev–Trinajstić information content (AvgIpc) is 3.08. The van der Waals surface area contributed by atoms with Gasteiger partial charge in [0.05, 0.1) is 17.1 Å². The van der Waals surface area contributed by atoms with Crippen molar-refractivity contribution in [1.29, 1.82) is 0 Å². The third-order valence-electron chi connectivity index (χ3n) is 3.77. The molecule has 2 aromatic rings. The van der Waals surface area contributed by atoms with E-state index in [0.717, 1.165) is 17.1 Å². The first kappa shape index (κ1) is 18.4. The van der Waals surface area contributed by atoms with Gasteiger partial charge in [-0.3, -0.25) is 10.1 Å². The number of halogens is 3. The van der Waals surface area contributed by atoms with Crippen LogP contribution in [0, 0.1) is 10.1 Å². The molecule has 1 unspecified atom stereocenters. The summed E-state index contributed by atoms with van der Waals surface area (Å²) in [6, 6.07) is 3.53. The number of esters is 1. The van der Waals surface area contributed by atoms with Gasteiger partial charge in [0.15, 0.2) is 0 Å². The Morgan fingerprint density at radius 3 is 2.81 bits per heavy atom. The van der Waals surface area contributed by atoms with Crippen LogP contribution in [-0.2, 0) is 9.53 Å². The number of anilines is 1. The second-order valence-electron chi connectivity index (χ2n) is 5.41. The summed E-state index contributed by atoms with van der Waals surface area (Å²) in [5.74, 6) is -1.47. The number of nitro benzene ring substituents is 1. The van der Waals surface area contributed by atoms with Gasteiger partial charge in [-0.05, 0) is 12.5 Å². The molecule has 9 nitrogen and oxygen atoms in total. The number of rotatable bonds is 4. The number of ether oxygens (including phenoxy) is 1. The number of hydrogen-bond donors (Lipinski definition) is 1. The van der Waals surface area contributed by atoms with Crippen molar-refractivity contribution in [3.05, 3.63) is 57.5 Å². The smallest absolute Gasteiger partial charge is 0.431 e. The summed E-state index contributed by atoms with van der Waals surface area (Å²) in [5, 5.41) is 17.0. The van der Waals surface area contributed by atoms with Gasteiger partial charge >= 0.3 is 12.1 Å². The number of nitrogens with one attached hydrogen (secondary N) is 1. The van der Waals surface area contributed by atoms with Gasteiger partial charge in [0.2, 0.25) is 5.95 Å². The zero-order chi connectivity index (χ0) is 19.8. The maximum atomic E-state index is 13.6. The molecule has 1 aromatic heterocycles. The Bertz CT molecular complexity index is 938. The number of hydrogen-bond acceptors (Lipinski definition) is 7. The van der Waals surface area contributed by atoms with Crippen LogP contribution in [0.4, 0.5) is 24.8 Å². The van der Waals surface area contributed by atoms with Gasteiger partial charge in [-0.25, -0.2) is 9.48 Å². The van der Waals surface area contributed by atoms with Crippen molar-refractivity contribution in [1.82, 2.24) is 14.8 Å². The third-order valence-corrected chi connectivity index (χ3v) is 3.77. The second kappa shape index (κ2) is 6.70. The molecule has 1 aliphatic heterocycles. The maximum Gasteiger partial charge on any atom is 0.431 e. The zero-order valence-corrected chi connectivity index (χ0v) is 13.7. The normalized spacial score (nSPS) is 16.5. The number of fused-ring (bicyclic) bond motifs is 1. The van der Waals surface area contributed by atoms with Crippen LogP contribution in [0.3, 0.4) is 0 Å². The van der Waals surface area contributed by atoms with Crippen molar-refractivity contribution in [2.45, 2.75) is 19.1 Å². The van der Waals surface area contributed by atoms with Crippen LogP contribution in [0.5, 0.6) is 0 Å². The monoisotopic (exact) mass is 383 g/mol. The van der Waals surface area contributed by atoms with Crippen LogP contribution in [0.2, 0.25) is 0 Å². The molecular weight excluding hydrogens is 371 g/mol. The molecule has 0 saturated carbocycles. The van der Waals surface area contributed by atoms with Gasteiger partial charge in [-0.1, -0.05) is 12.1 Å². The number of carbonyl (C=O) groups excluding carboxylic acids is 1. The molecule has 0 spiro atoms. The summed E-state index contributed by atoms with van der Waals surface area (Å²) < 4.78 is 46.6. The van der Waals surface area contributed by atoms with E-state index in [1.54, 1.807) is 0 Å². The molecule has 1 atom stereocenters. The van der Waals surface area contributed by atoms with Crippen molar-refractivity contribution in [3.8, 4) is 0 Å². The standard InChI is InChI=1S/C15H12F3N5O4/c1-2-27-13(24)10-11(8-4-3-5-9(6-8)23(25)26)22-14(19-7-20-22)21-12(10)15(16,17)18/h3-7,11H,2H2,1H3,(H,19,20,21). The first-order valence-electron chi connectivity index (χ1n) is 7.63. The minimum atomic E-state index is -4.92. The highest BCUT2D eigenvalue weighted by Crippen LogP contribution is 2.41. The molecule has 0 saturated heterocycles. The molecule has 0 bridgehead atoms. The topological polar surface area (TPSA) is 112 Å². The molecule has 1 aliphatic rings. The minimum absolute atomic E-state index is 0.0576. The van der Waals surface area contributed by atoms with E-state index in [1.807, 2.05) is 0 Å². The molecule has 0 aliphatic carbocycles. The number of alkyl halides is 3. The van der Waals surface area contributed by atoms with Gasteiger partial charge < -0.3 is 10.1 Å². The highest BCUT2D eigenvalue weighted by molar-refractivity contribution is 5.92. The molecular formula is C15H12F3N5O4.